The summed E-state index contributed by atoms with van der Waals surface area (Å²) in [4.78, 5) is 13.0. The van der Waals surface area contributed by atoms with Crippen molar-refractivity contribution < 1.29 is 32.5 Å². The molecule has 0 unspecified atom stereocenters. The summed E-state index contributed by atoms with van der Waals surface area (Å²) in [5.74, 6) is 0.370. The number of carbonyl (C=O) groups is 1. The zero-order valence-electron chi connectivity index (χ0n) is 21.2. The van der Waals surface area contributed by atoms with Crippen molar-refractivity contribution in [2.24, 2.45) is 0 Å². The van der Waals surface area contributed by atoms with E-state index in [4.69, 9.17) is 14.2 Å². The van der Waals surface area contributed by atoms with Crippen LogP contribution in [0.15, 0.2) is 69.7 Å². The number of aliphatic hydroxyl groups is 1. The summed E-state index contributed by atoms with van der Waals surface area (Å²) in [6.45, 7) is -0.398. The quantitative estimate of drug-likeness (QED) is 0.379. The molecule has 2 aromatic rings. The Hall–Kier alpha value is -2.44. The van der Waals surface area contributed by atoms with Crippen LogP contribution in [0, 0.1) is 0 Å². The van der Waals surface area contributed by atoms with Crippen LogP contribution in [-0.4, -0.2) is 69.5 Å². The highest BCUT2D eigenvalue weighted by atomic mass is 79.9. The number of hydrogen-bond donors (Lipinski definition) is 2. The summed E-state index contributed by atoms with van der Waals surface area (Å²) < 4.78 is 45.5. The molecule has 1 amide bonds. The van der Waals surface area contributed by atoms with Gasteiger partial charge >= 0.3 is 0 Å². The van der Waals surface area contributed by atoms with E-state index in [1.165, 1.54) is 23.5 Å². The molecular formula is C27H33BrN2O7S. The monoisotopic (exact) mass is 608 g/mol. The molecule has 0 aromatic heterocycles. The largest absolute Gasteiger partial charge is 0.497 e. The molecule has 0 radical (unpaired) electrons. The summed E-state index contributed by atoms with van der Waals surface area (Å²) >= 11 is 3.45. The van der Waals surface area contributed by atoms with Crippen molar-refractivity contribution in [2.75, 3.05) is 33.4 Å². The number of allylic oxidation sites excluding steroid dienone is 1. The average molecular weight is 610 g/mol. The predicted octanol–water partition coefficient (Wildman–Crippen LogP) is 3.54. The molecule has 1 heterocycles. The molecule has 1 aliphatic heterocycles. The maximum atomic E-state index is 13.2. The Kier molecular flexibility index (Phi) is 9.83. The zero-order chi connectivity index (χ0) is 27.1. The topological polar surface area (TPSA) is 114 Å². The first kappa shape index (κ1) is 28.6. The lowest BCUT2D eigenvalue weighted by molar-refractivity contribution is -0.147. The van der Waals surface area contributed by atoms with E-state index < -0.39 is 16.3 Å². The number of carbonyl (C=O) groups excluding carboxylic acids is 1. The highest BCUT2D eigenvalue weighted by molar-refractivity contribution is 9.10. The fraction of sp³-hybridized carbons (Fsp3) is 0.444. The number of amides is 1. The van der Waals surface area contributed by atoms with Gasteiger partial charge in [-0.1, -0.05) is 28.1 Å². The van der Waals surface area contributed by atoms with Crippen molar-refractivity contribution in [2.45, 2.75) is 48.8 Å². The first-order valence-electron chi connectivity index (χ1n) is 12.6. The average Bonchev–Trinajstić information content (AvgIpc) is 2.90. The van der Waals surface area contributed by atoms with E-state index in [0.717, 1.165) is 29.3 Å². The highest BCUT2D eigenvalue weighted by Crippen LogP contribution is 2.32. The number of methoxy groups -OCH3 is 1. The molecule has 206 valence electrons. The SMILES string of the molecule is COc1ccc(S(=O)(=O)N(CCO)CCO[C@@H]2C[C@H](c3ccc(Br)cc3)C=C(C(=O)NC3CCC3)O2)cc1. The van der Waals surface area contributed by atoms with Crippen molar-refractivity contribution in [1.29, 1.82) is 0 Å². The normalized spacial score (nSPS) is 19.8. The number of halogens is 1. The van der Waals surface area contributed by atoms with E-state index in [-0.39, 0.29) is 54.8 Å². The minimum Gasteiger partial charge on any atom is -0.497 e. The molecule has 2 aromatic carbocycles. The minimum atomic E-state index is -3.87. The second kappa shape index (κ2) is 13.1. The van der Waals surface area contributed by atoms with Gasteiger partial charge in [-0.25, -0.2) is 8.42 Å². The number of sulfonamides is 1. The van der Waals surface area contributed by atoms with Gasteiger partial charge in [-0.3, -0.25) is 4.79 Å². The molecule has 1 aliphatic carbocycles. The third kappa shape index (κ3) is 7.15. The lowest BCUT2D eigenvalue weighted by atomic mass is 9.91. The Labute approximate surface area is 231 Å². The van der Waals surface area contributed by atoms with E-state index in [1.807, 2.05) is 30.3 Å². The zero-order valence-corrected chi connectivity index (χ0v) is 23.6. The van der Waals surface area contributed by atoms with Gasteiger partial charge in [0.2, 0.25) is 16.3 Å². The maximum absolute atomic E-state index is 13.2. The molecule has 9 nitrogen and oxygen atoms in total. The molecule has 2 atom stereocenters. The lowest BCUT2D eigenvalue weighted by Crippen LogP contribution is -2.42. The molecule has 2 N–H and O–H groups in total. The first-order valence-corrected chi connectivity index (χ1v) is 14.8. The molecule has 1 saturated carbocycles. The Bertz CT molecular complexity index is 1210. The number of benzene rings is 2. The van der Waals surface area contributed by atoms with E-state index >= 15 is 0 Å². The summed E-state index contributed by atoms with van der Waals surface area (Å²) in [6, 6.07) is 14.1. The summed E-state index contributed by atoms with van der Waals surface area (Å²) in [5.41, 5.74) is 1.02. The van der Waals surface area contributed by atoms with Crippen molar-refractivity contribution in [1.82, 2.24) is 9.62 Å². The second-order valence-electron chi connectivity index (χ2n) is 9.25. The van der Waals surface area contributed by atoms with Gasteiger partial charge in [0.25, 0.3) is 5.91 Å². The smallest absolute Gasteiger partial charge is 0.286 e. The van der Waals surface area contributed by atoms with Crippen molar-refractivity contribution in [3.63, 3.8) is 0 Å². The summed E-state index contributed by atoms with van der Waals surface area (Å²) in [6.07, 6.45) is 4.56. The standard InChI is InChI=1S/C27H33BrN2O7S/c1-35-23-9-11-24(12-10-23)38(33,34)30(13-15-31)14-16-36-26-18-20(19-5-7-21(28)8-6-19)17-25(37-26)27(32)29-22-3-2-4-22/h5-12,17,20,22,26,31H,2-4,13-16,18H2,1H3,(H,29,32)/t20-,26+/m1/s1. The van der Waals surface area contributed by atoms with Crippen LogP contribution in [0.4, 0.5) is 0 Å². The van der Waals surface area contributed by atoms with Gasteiger partial charge in [-0.05, 0) is 67.3 Å². The maximum Gasteiger partial charge on any atom is 0.286 e. The van der Waals surface area contributed by atoms with Gasteiger partial charge in [-0.15, -0.1) is 0 Å². The van der Waals surface area contributed by atoms with E-state index in [0.29, 0.717) is 12.2 Å². The van der Waals surface area contributed by atoms with Crippen LogP contribution in [0.3, 0.4) is 0 Å². The number of aliphatic hydroxyl groups excluding tert-OH is 1. The molecule has 4 rings (SSSR count). The van der Waals surface area contributed by atoms with Gasteiger partial charge in [0.1, 0.15) is 5.75 Å². The molecule has 0 bridgehead atoms. The molecule has 0 spiro atoms. The summed E-state index contributed by atoms with van der Waals surface area (Å²) in [7, 11) is -2.36. The molecule has 0 saturated heterocycles. The number of hydrogen-bond acceptors (Lipinski definition) is 7. The Morgan fingerprint density at radius 2 is 1.84 bits per heavy atom. The fourth-order valence-corrected chi connectivity index (χ4v) is 6.00. The van der Waals surface area contributed by atoms with Gasteiger partial charge in [0.05, 0.1) is 25.2 Å². The first-order chi connectivity index (χ1) is 18.3. The predicted molar refractivity (Wildman–Crippen MR) is 145 cm³/mol. The number of ether oxygens (including phenoxy) is 3. The Morgan fingerprint density at radius 3 is 2.45 bits per heavy atom. The van der Waals surface area contributed by atoms with Crippen LogP contribution in [0.2, 0.25) is 0 Å². The van der Waals surface area contributed by atoms with Crippen LogP contribution in [0.5, 0.6) is 5.75 Å². The molecule has 1 fully saturated rings. The van der Waals surface area contributed by atoms with Gasteiger partial charge < -0.3 is 24.6 Å². The van der Waals surface area contributed by atoms with E-state index in [1.54, 1.807) is 12.1 Å². The molecule has 38 heavy (non-hydrogen) atoms. The van der Waals surface area contributed by atoms with Crippen molar-refractivity contribution in [3.05, 3.63) is 70.4 Å². The number of nitrogens with zero attached hydrogens (tertiary/aromatic N) is 1. The van der Waals surface area contributed by atoms with Crippen LogP contribution >= 0.6 is 15.9 Å². The van der Waals surface area contributed by atoms with E-state index in [2.05, 4.69) is 21.2 Å². The van der Waals surface area contributed by atoms with Crippen LogP contribution < -0.4 is 10.1 Å². The second-order valence-corrected chi connectivity index (χ2v) is 12.1. The van der Waals surface area contributed by atoms with Crippen molar-refractivity contribution >= 4 is 31.9 Å². The lowest BCUT2D eigenvalue weighted by Gasteiger charge is -2.32. The van der Waals surface area contributed by atoms with Gasteiger partial charge in [0.15, 0.2) is 5.76 Å². The van der Waals surface area contributed by atoms with Gasteiger partial charge in [-0.2, -0.15) is 4.31 Å². The summed E-state index contributed by atoms with van der Waals surface area (Å²) in [5, 5.41) is 12.5. The van der Waals surface area contributed by atoms with Gasteiger partial charge in [0, 0.05) is 35.9 Å². The molecule has 2 aliphatic rings. The van der Waals surface area contributed by atoms with Crippen LogP contribution in [0.1, 0.15) is 37.2 Å². The van der Waals surface area contributed by atoms with Crippen LogP contribution in [-0.2, 0) is 24.3 Å². The Morgan fingerprint density at radius 1 is 1.13 bits per heavy atom. The Balaban J connectivity index is 1.43. The molecule has 11 heteroatoms. The number of rotatable bonds is 12. The molecular weight excluding hydrogens is 576 g/mol. The highest BCUT2D eigenvalue weighted by Gasteiger charge is 2.31. The van der Waals surface area contributed by atoms with Crippen LogP contribution in [0.25, 0.3) is 0 Å². The third-order valence-corrected chi connectivity index (χ3v) is 9.15. The minimum absolute atomic E-state index is 0.00501. The fourth-order valence-electron chi connectivity index (χ4n) is 4.32. The number of nitrogens with one attached hydrogen (secondary N) is 1. The third-order valence-electron chi connectivity index (χ3n) is 6.71. The van der Waals surface area contributed by atoms with Crippen molar-refractivity contribution in [3.8, 4) is 5.75 Å². The van der Waals surface area contributed by atoms with E-state index in [9.17, 15) is 18.3 Å².